The first-order valence-electron chi connectivity index (χ1n) is 8.73. The lowest BCUT2D eigenvalue weighted by Gasteiger charge is -2.27. The molecule has 11 heteroatoms. The van der Waals surface area contributed by atoms with Crippen molar-refractivity contribution in [2.75, 3.05) is 23.0 Å². The van der Waals surface area contributed by atoms with Gasteiger partial charge in [-0.3, -0.25) is 14.4 Å². The summed E-state index contributed by atoms with van der Waals surface area (Å²) in [6.07, 6.45) is 1.03. The van der Waals surface area contributed by atoms with Crippen molar-refractivity contribution in [3.8, 4) is 16.3 Å². The Labute approximate surface area is 183 Å². The molecule has 0 fully saturated rings. The van der Waals surface area contributed by atoms with E-state index in [9.17, 15) is 13.2 Å². The average molecular weight is 467 g/mol. The molecule has 1 N–H and O–H groups in total. The summed E-state index contributed by atoms with van der Waals surface area (Å²) in [5, 5.41) is 11.9. The molecule has 1 heterocycles. The van der Waals surface area contributed by atoms with Gasteiger partial charge in [-0.1, -0.05) is 29.0 Å². The molecular weight excluding hydrogens is 448 g/mol. The Balaban J connectivity index is 1.79. The highest BCUT2D eigenvalue weighted by atomic mass is 35.5. The summed E-state index contributed by atoms with van der Waals surface area (Å²) in [6, 6.07) is 12.5. The number of nitrogens with zero attached hydrogens (tertiary/aromatic N) is 3. The van der Waals surface area contributed by atoms with E-state index >= 15 is 0 Å². The molecular formula is C19H19ClN4O4S2. The molecule has 1 atom stereocenters. The van der Waals surface area contributed by atoms with Crippen LogP contribution in [0.2, 0.25) is 5.02 Å². The van der Waals surface area contributed by atoms with Crippen LogP contribution in [-0.2, 0) is 14.8 Å². The van der Waals surface area contributed by atoms with Gasteiger partial charge >= 0.3 is 0 Å². The van der Waals surface area contributed by atoms with Gasteiger partial charge < -0.3 is 4.74 Å². The fourth-order valence-electron chi connectivity index (χ4n) is 2.76. The van der Waals surface area contributed by atoms with Crippen molar-refractivity contribution in [3.63, 3.8) is 0 Å². The third-order valence-electron chi connectivity index (χ3n) is 4.14. The van der Waals surface area contributed by atoms with Crippen LogP contribution < -0.4 is 14.4 Å². The first-order chi connectivity index (χ1) is 14.2. The normalized spacial score (nSPS) is 12.3. The standard InChI is InChI=1S/C19H19ClN4O4S2/c1-12(24(30(3,26)27)15-6-4-5-14(20)11-15)17(25)21-19-23-22-18(29-19)13-7-9-16(28-2)10-8-13/h4-12H,1-3H3,(H,21,23,25)/t12-/m1/s1. The Hall–Kier alpha value is -2.69. The van der Waals surface area contributed by atoms with Gasteiger partial charge in [-0.2, -0.15) is 0 Å². The number of nitrogens with one attached hydrogen (secondary N) is 1. The van der Waals surface area contributed by atoms with Crippen LogP contribution in [-0.4, -0.2) is 43.9 Å². The van der Waals surface area contributed by atoms with Crippen molar-refractivity contribution in [2.45, 2.75) is 13.0 Å². The molecule has 1 aromatic heterocycles. The molecule has 2 aromatic carbocycles. The molecule has 3 aromatic rings. The Morgan fingerprint density at radius 3 is 2.50 bits per heavy atom. The number of carbonyl (C=O) groups excluding carboxylic acids is 1. The van der Waals surface area contributed by atoms with Crippen molar-refractivity contribution in [1.82, 2.24) is 10.2 Å². The second-order valence-corrected chi connectivity index (χ2v) is 9.62. The van der Waals surface area contributed by atoms with E-state index in [-0.39, 0.29) is 5.13 Å². The molecule has 8 nitrogen and oxygen atoms in total. The third-order valence-corrected chi connectivity index (χ3v) is 6.51. The van der Waals surface area contributed by atoms with Crippen LogP contribution in [0.25, 0.3) is 10.6 Å². The van der Waals surface area contributed by atoms with Crippen LogP contribution in [0.15, 0.2) is 48.5 Å². The van der Waals surface area contributed by atoms with Gasteiger partial charge in [0.15, 0.2) is 0 Å². The van der Waals surface area contributed by atoms with Crippen LogP contribution in [0, 0.1) is 0 Å². The minimum absolute atomic E-state index is 0.261. The van der Waals surface area contributed by atoms with Crippen LogP contribution >= 0.6 is 22.9 Å². The molecule has 1 amide bonds. The first-order valence-corrected chi connectivity index (χ1v) is 11.8. The SMILES string of the molecule is COc1ccc(-c2nnc(NC(=O)[C@@H](C)N(c3cccc(Cl)c3)S(C)(=O)=O)s2)cc1. The molecule has 0 aliphatic heterocycles. The maximum absolute atomic E-state index is 12.8. The molecule has 0 radical (unpaired) electrons. The van der Waals surface area contributed by atoms with Gasteiger partial charge in [0, 0.05) is 10.6 Å². The summed E-state index contributed by atoms with van der Waals surface area (Å²) < 4.78 is 30.8. The maximum atomic E-state index is 12.8. The highest BCUT2D eigenvalue weighted by Crippen LogP contribution is 2.29. The van der Waals surface area contributed by atoms with Crippen LogP contribution in [0.1, 0.15) is 6.92 Å². The number of aromatic nitrogens is 2. The highest BCUT2D eigenvalue weighted by molar-refractivity contribution is 7.92. The summed E-state index contributed by atoms with van der Waals surface area (Å²) in [6.45, 7) is 1.49. The summed E-state index contributed by atoms with van der Waals surface area (Å²) in [5.41, 5.74) is 1.11. The first kappa shape index (κ1) is 22.0. The minimum atomic E-state index is -3.75. The number of ether oxygens (including phenoxy) is 1. The third kappa shape index (κ3) is 5.07. The van der Waals surface area contributed by atoms with E-state index < -0.39 is 22.0 Å². The smallest absolute Gasteiger partial charge is 0.249 e. The topological polar surface area (TPSA) is 101 Å². The average Bonchev–Trinajstić information content (AvgIpc) is 3.15. The van der Waals surface area contributed by atoms with Crippen molar-refractivity contribution < 1.29 is 17.9 Å². The zero-order chi connectivity index (χ0) is 21.9. The summed E-state index contributed by atoms with van der Waals surface area (Å²) in [4.78, 5) is 12.8. The molecule has 0 bridgehead atoms. The summed E-state index contributed by atoms with van der Waals surface area (Å²) in [7, 11) is -2.17. The van der Waals surface area contributed by atoms with Gasteiger partial charge in [-0.15, -0.1) is 10.2 Å². The molecule has 0 aliphatic rings. The number of anilines is 2. The molecule has 0 saturated heterocycles. The van der Waals surface area contributed by atoms with Gasteiger partial charge in [-0.25, -0.2) is 8.42 Å². The van der Waals surface area contributed by atoms with Crippen LogP contribution in [0.3, 0.4) is 0 Å². The van der Waals surface area contributed by atoms with Gasteiger partial charge in [0.2, 0.25) is 21.1 Å². The van der Waals surface area contributed by atoms with Crippen LogP contribution in [0.4, 0.5) is 10.8 Å². The van der Waals surface area contributed by atoms with Crippen molar-refractivity contribution in [1.29, 1.82) is 0 Å². The molecule has 158 valence electrons. The Bertz CT molecular complexity index is 1150. The van der Waals surface area contributed by atoms with E-state index in [1.165, 1.54) is 24.3 Å². The van der Waals surface area contributed by atoms with E-state index in [0.717, 1.165) is 16.1 Å². The van der Waals surface area contributed by atoms with Gasteiger partial charge in [0.25, 0.3) is 0 Å². The predicted octanol–water partition coefficient (Wildman–Crippen LogP) is 3.66. The quantitative estimate of drug-likeness (QED) is 0.570. The summed E-state index contributed by atoms with van der Waals surface area (Å²) >= 11 is 7.17. The highest BCUT2D eigenvalue weighted by Gasteiger charge is 2.30. The Morgan fingerprint density at radius 1 is 1.20 bits per heavy atom. The van der Waals surface area contributed by atoms with Crippen molar-refractivity contribution in [2.24, 2.45) is 0 Å². The number of carbonyl (C=O) groups is 1. The zero-order valence-corrected chi connectivity index (χ0v) is 18.8. The van der Waals surface area contributed by atoms with Crippen molar-refractivity contribution >= 4 is 49.7 Å². The fraction of sp³-hybridized carbons (Fsp3) is 0.211. The second-order valence-electron chi connectivity index (χ2n) is 6.34. The van der Waals surface area contributed by atoms with E-state index in [4.69, 9.17) is 16.3 Å². The second kappa shape index (κ2) is 8.99. The predicted molar refractivity (Wildman–Crippen MR) is 119 cm³/mol. The lowest BCUT2D eigenvalue weighted by atomic mass is 10.2. The molecule has 0 unspecified atom stereocenters. The number of rotatable bonds is 7. The van der Waals surface area contributed by atoms with E-state index in [1.807, 2.05) is 12.1 Å². The molecule has 3 rings (SSSR count). The number of benzene rings is 2. The lowest BCUT2D eigenvalue weighted by molar-refractivity contribution is -0.116. The fourth-order valence-corrected chi connectivity index (χ4v) is 4.86. The maximum Gasteiger partial charge on any atom is 0.249 e. The largest absolute Gasteiger partial charge is 0.497 e. The number of amides is 1. The van der Waals surface area contributed by atoms with Crippen molar-refractivity contribution in [3.05, 3.63) is 53.6 Å². The van der Waals surface area contributed by atoms with Crippen LogP contribution in [0.5, 0.6) is 5.75 Å². The van der Waals surface area contributed by atoms with E-state index in [2.05, 4.69) is 15.5 Å². The molecule has 30 heavy (non-hydrogen) atoms. The molecule has 0 spiro atoms. The molecule has 0 aliphatic carbocycles. The van der Waals surface area contributed by atoms with E-state index in [1.54, 1.807) is 37.4 Å². The number of methoxy groups -OCH3 is 1. The number of hydrogen-bond acceptors (Lipinski definition) is 7. The Morgan fingerprint density at radius 2 is 1.90 bits per heavy atom. The molecule has 0 saturated carbocycles. The van der Waals surface area contributed by atoms with E-state index in [0.29, 0.717) is 21.5 Å². The van der Waals surface area contributed by atoms with Gasteiger partial charge in [0.1, 0.15) is 16.8 Å². The summed E-state index contributed by atoms with van der Waals surface area (Å²) in [5.74, 6) is 0.172. The number of hydrogen-bond donors (Lipinski definition) is 1. The Kier molecular flexibility index (Phi) is 6.59. The number of halogens is 1. The zero-order valence-electron chi connectivity index (χ0n) is 16.4. The monoisotopic (exact) mass is 466 g/mol. The number of sulfonamides is 1. The lowest BCUT2D eigenvalue weighted by Crippen LogP contribution is -2.45. The van der Waals surface area contributed by atoms with Gasteiger partial charge in [-0.05, 0) is 49.4 Å². The minimum Gasteiger partial charge on any atom is -0.497 e. The van der Waals surface area contributed by atoms with Gasteiger partial charge in [0.05, 0.1) is 19.1 Å².